The number of anilines is 1. The van der Waals surface area contributed by atoms with E-state index in [-0.39, 0.29) is 6.03 Å². The van der Waals surface area contributed by atoms with Gasteiger partial charge in [-0.2, -0.15) is 0 Å². The highest BCUT2D eigenvalue weighted by Gasteiger charge is 2.13. The number of rotatable bonds is 5. The number of fused-ring (bicyclic) bond motifs is 1. The van der Waals surface area contributed by atoms with Crippen molar-refractivity contribution in [3.8, 4) is 11.4 Å². The molecule has 8 heteroatoms. The van der Waals surface area contributed by atoms with Crippen molar-refractivity contribution >= 4 is 38.8 Å². The highest BCUT2D eigenvalue weighted by Crippen LogP contribution is 2.23. The second kappa shape index (κ2) is 8.18. The zero-order valence-electron chi connectivity index (χ0n) is 14.8. The van der Waals surface area contributed by atoms with Crippen molar-refractivity contribution in [2.45, 2.75) is 6.54 Å². The molecule has 0 aliphatic carbocycles. The van der Waals surface area contributed by atoms with Crippen LogP contribution in [-0.2, 0) is 6.54 Å². The number of hydrogen-bond donors (Lipinski definition) is 2. The van der Waals surface area contributed by atoms with Gasteiger partial charge < -0.3 is 15.2 Å². The topological polar surface area (TPSA) is 84.7 Å². The molecule has 3 aromatic heterocycles. The Balaban J connectivity index is 1.50. The van der Waals surface area contributed by atoms with Crippen molar-refractivity contribution in [1.82, 2.24) is 24.8 Å². The minimum atomic E-state index is -0.269. The van der Waals surface area contributed by atoms with Gasteiger partial charge in [-0.25, -0.2) is 14.8 Å². The van der Waals surface area contributed by atoms with Gasteiger partial charge in [0.05, 0.1) is 5.69 Å². The lowest BCUT2D eigenvalue weighted by Crippen LogP contribution is -2.31. The van der Waals surface area contributed by atoms with E-state index in [0.717, 1.165) is 27.0 Å². The Hall–Kier alpha value is -3.26. The van der Waals surface area contributed by atoms with Crippen LogP contribution in [-0.4, -0.2) is 32.1 Å². The summed E-state index contributed by atoms with van der Waals surface area (Å²) in [6.45, 7) is 0.963. The summed E-state index contributed by atoms with van der Waals surface area (Å²) < 4.78 is 2.83. The first kappa shape index (κ1) is 18.1. The van der Waals surface area contributed by atoms with Gasteiger partial charge in [-0.3, -0.25) is 4.98 Å². The molecule has 0 aliphatic rings. The highest BCUT2D eigenvalue weighted by molar-refractivity contribution is 9.10. The Morgan fingerprint density at radius 3 is 2.68 bits per heavy atom. The fraction of sp³-hybridized carbons (Fsp3) is 0.100. The summed E-state index contributed by atoms with van der Waals surface area (Å²) in [5.74, 6) is 0.795. The summed E-state index contributed by atoms with van der Waals surface area (Å²) in [6, 6.07) is 14.8. The quantitative estimate of drug-likeness (QED) is 0.493. The number of urea groups is 1. The van der Waals surface area contributed by atoms with Crippen LogP contribution in [0.2, 0.25) is 0 Å². The van der Waals surface area contributed by atoms with Crippen molar-refractivity contribution in [3.63, 3.8) is 0 Å². The Kier molecular flexibility index (Phi) is 5.29. The molecule has 0 saturated carbocycles. The number of nitrogens with one attached hydrogen (secondary N) is 2. The van der Waals surface area contributed by atoms with E-state index in [1.807, 2.05) is 53.1 Å². The average Bonchev–Trinajstić information content (AvgIpc) is 3.09. The first-order chi connectivity index (χ1) is 13.7. The number of amides is 2. The van der Waals surface area contributed by atoms with Gasteiger partial charge in [-0.15, -0.1) is 0 Å². The van der Waals surface area contributed by atoms with Crippen LogP contribution in [0.4, 0.5) is 10.5 Å². The molecule has 28 heavy (non-hydrogen) atoms. The molecule has 2 amide bonds. The molecule has 0 fully saturated rings. The summed E-state index contributed by atoms with van der Waals surface area (Å²) in [5.41, 5.74) is 3.26. The third-order valence-corrected chi connectivity index (χ3v) is 4.88. The standard InChI is InChI=1S/C20H17BrN6O/c21-15-4-1-2-5-16(15)26-20(28)24-12-13-27-18(14-7-10-22-11-8-14)25-17-6-3-9-23-19(17)27/h1-11H,12-13H2,(H2,24,26,28). The molecule has 0 aliphatic heterocycles. The fourth-order valence-corrected chi connectivity index (χ4v) is 3.29. The van der Waals surface area contributed by atoms with E-state index in [1.165, 1.54) is 0 Å². The highest BCUT2D eigenvalue weighted by atomic mass is 79.9. The van der Waals surface area contributed by atoms with Gasteiger partial charge in [0.2, 0.25) is 0 Å². The van der Waals surface area contributed by atoms with Crippen LogP contribution in [0.3, 0.4) is 0 Å². The Labute approximate surface area is 170 Å². The summed E-state index contributed by atoms with van der Waals surface area (Å²) in [7, 11) is 0. The number of para-hydroxylation sites is 1. The second-order valence-electron chi connectivity index (χ2n) is 6.03. The average molecular weight is 437 g/mol. The van der Waals surface area contributed by atoms with Crippen molar-refractivity contribution in [1.29, 1.82) is 0 Å². The smallest absolute Gasteiger partial charge is 0.319 e. The van der Waals surface area contributed by atoms with Gasteiger partial charge in [0.15, 0.2) is 5.65 Å². The molecule has 0 saturated heterocycles. The van der Waals surface area contributed by atoms with Gasteiger partial charge >= 0.3 is 6.03 Å². The van der Waals surface area contributed by atoms with Gasteiger partial charge in [-0.05, 0) is 52.3 Å². The number of nitrogens with zero attached hydrogens (tertiary/aromatic N) is 4. The Morgan fingerprint density at radius 1 is 1.04 bits per heavy atom. The van der Waals surface area contributed by atoms with Gasteiger partial charge in [0, 0.05) is 41.7 Å². The van der Waals surface area contributed by atoms with Gasteiger partial charge in [0.1, 0.15) is 11.3 Å². The van der Waals surface area contributed by atoms with Gasteiger partial charge in [0.25, 0.3) is 0 Å². The summed E-state index contributed by atoms with van der Waals surface area (Å²) in [4.78, 5) is 25.4. The number of hydrogen-bond acceptors (Lipinski definition) is 4. The van der Waals surface area contributed by atoms with E-state index < -0.39 is 0 Å². The largest absolute Gasteiger partial charge is 0.336 e. The number of halogens is 1. The normalized spacial score (nSPS) is 10.8. The third-order valence-electron chi connectivity index (χ3n) is 4.19. The second-order valence-corrected chi connectivity index (χ2v) is 6.88. The van der Waals surface area contributed by atoms with E-state index >= 15 is 0 Å². The van der Waals surface area contributed by atoms with Crippen molar-refractivity contribution in [3.05, 3.63) is 71.6 Å². The van der Waals surface area contributed by atoms with E-state index in [2.05, 4.69) is 36.5 Å². The molecule has 140 valence electrons. The van der Waals surface area contributed by atoms with E-state index in [0.29, 0.717) is 18.8 Å². The van der Waals surface area contributed by atoms with Crippen molar-refractivity contribution in [2.24, 2.45) is 0 Å². The van der Waals surface area contributed by atoms with Crippen LogP contribution >= 0.6 is 15.9 Å². The maximum atomic E-state index is 12.2. The van der Waals surface area contributed by atoms with Crippen LogP contribution in [0.5, 0.6) is 0 Å². The number of carbonyl (C=O) groups is 1. The number of benzene rings is 1. The van der Waals surface area contributed by atoms with Crippen LogP contribution in [0.25, 0.3) is 22.6 Å². The van der Waals surface area contributed by atoms with Crippen LogP contribution < -0.4 is 10.6 Å². The molecule has 0 radical (unpaired) electrons. The van der Waals surface area contributed by atoms with E-state index in [9.17, 15) is 4.79 Å². The van der Waals surface area contributed by atoms with Crippen LogP contribution in [0.1, 0.15) is 0 Å². The summed E-state index contributed by atoms with van der Waals surface area (Å²) >= 11 is 3.42. The molecule has 4 aromatic rings. The molecular formula is C20H17BrN6O. The summed E-state index contributed by atoms with van der Waals surface area (Å²) in [6.07, 6.45) is 5.20. The molecule has 2 N–H and O–H groups in total. The molecule has 4 rings (SSSR count). The molecule has 0 atom stereocenters. The van der Waals surface area contributed by atoms with Crippen LogP contribution in [0, 0.1) is 0 Å². The Bertz CT molecular complexity index is 1110. The SMILES string of the molecule is O=C(NCCn1c(-c2ccncc2)nc2cccnc21)Nc1ccccc1Br. The first-order valence-electron chi connectivity index (χ1n) is 8.73. The lowest BCUT2D eigenvalue weighted by atomic mass is 10.2. The lowest BCUT2D eigenvalue weighted by molar-refractivity contribution is 0.251. The van der Waals surface area contributed by atoms with Crippen LogP contribution in [0.15, 0.2) is 71.6 Å². The molecular weight excluding hydrogens is 420 g/mol. The molecule has 0 bridgehead atoms. The predicted octanol–water partition coefficient (Wildman–Crippen LogP) is 4.08. The van der Waals surface area contributed by atoms with Gasteiger partial charge in [-0.1, -0.05) is 12.1 Å². The minimum Gasteiger partial charge on any atom is -0.336 e. The van der Waals surface area contributed by atoms with E-state index in [1.54, 1.807) is 18.6 Å². The summed E-state index contributed by atoms with van der Waals surface area (Å²) in [5, 5.41) is 5.71. The molecule has 1 aromatic carbocycles. The van der Waals surface area contributed by atoms with Crippen molar-refractivity contribution < 1.29 is 4.79 Å². The zero-order chi connectivity index (χ0) is 19.3. The number of imidazole rings is 1. The lowest BCUT2D eigenvalue weighted by Gasteiger charge is -2.11. The third kappa shape index (κ3) is 3.86. The molecule has 0 unspecified atom stereocenters. The molecule has 3 heterocycles. The molecule has 7 nitrogen and oxygen atoms in total. The van der Waals surface area contributed by atoms with Crippen molar-refractivity contribution in [2.75, 3.05) is 11.9 Å². The zero-order valence-corrected chi connectivity index (χ0v) is 16.4. The Morgan fingerprint density at radius 2 is 1.86 bits per heavy atom. The fourth-order valence-electron chi connectivity index (χ4n) is 2.90. The first-order valence-corrected chi connectivity index (χ1v) is 9.53. The molecule has 0 spiro atoms. The van der Waals surface area contributed by atoms with E-state index in [4.69, 9.17) is 4.98 Å². The minimum absolute atomic E-state index is 0.269. The number of aromatic nitrogens is 4. The maximum absolute atomic E-state index is 12.2. The number of pyridine rings is 2. The number of carbonyl (C=O) groups excluding carboxylic acids is 1. The predicted molar refractivity (Wildman–Crippen MR) is 112 cm³/mol. The monoisotopic (exact) mass is 436 g/mol. The maximum Gasteiger partial charge on any atom is 0.319 e.